The van der Waals surface area contributed by atoms with Gasteiger partial charge in [-0.1, -0.05) is 0 Å². The van der Waals surface area contributed by atoms with Crippen molar-refractivity contribution in [3.8, 4) is 0 Å². The van der Waals surface area contributed by atoms with Gasteiger partial charge in [-0.05, 0) is 52.0 Å². The van der Waals surface area contributed by atoms with Crippen LogP contribution in [0.25, 0.3) is 0 Å². The lowest BCUT2D eigenvalue weighted by molar-refractivity contribution is -0.144. The molecule has 1 saturated carbocycles. The molecule has 2 fully saturated rings. The van der Waals surface area contributed by atoms with E-state index in [1.807, 2.05) is 18.7 Å². The second-order valence-electron chi connectivity index (χ2n) is 6.16. The first-order chi connectivity index (χ1) is 10.2. The van der Waals surface area contributed by atoms with Crippen molar-refractivity contribution in [3.63, 3.8) is 0 Å². The predicted molar refractivity (Wildman–Crippen MR) is 82.2 cm³/mol. The predicted octanol–water partition coefficient (Wildman–Crippen LogP) is 1.42. The van der Waals surface area contributed by atoms with E-state index in [1.54, 1.807) is 0 Å². The van der Waals surface area contributed by atoms with Crippen LogP contribution in [0.1, 0.15) is 39.5 Å². The topological polar surface area (TPSA) is 50.8 Å². The fourth-order valence-electron chi connectivity index (χ4n) is 2.72. The third-order valence-electron chi connectivity index (χ3n) is 4.35. The molecule has 2 rings (SSSR count). The molecule has 1 N–H and O–H groups in total. The number of nitrogens with zero attached hydrogens (tertiary/aromatic N) is 1. The smallest absolute Gasteiger partial charge is 0.251 e. The molecule has 5 nitrogen and oxygen atoms in total. The average Bonchev–Trinajstić information content (AvgIpc) is 3.33. The van der Waals surface area contributed by atoms with Crippen molar-refractivity contribution < 1.29 is 14.3 Å². The zero-order valence-electron chi connectivity index (χ0n) is 13.5. The fourth-order valence-corrected chi connectivity index (χ4v) is 2.72. The van der Waals surface area contributed by atoms with Gasteiger partial charge in [0.05, 0.1) is 13.2 Å². The van der Waals surface area contributed by atoms with Gasteiger partial charge in [-0.15, -0.1) is 0 Å². The van der Waals surface area contributed by atoms with Crippen LogP contribution >= 0.6 is 0 Å². The summed E-state index contributed by atoms with van der Waals surface area (Å²) >= 11 is 0. The lowest BCUT2D eigenvalue weighted by Crippen LogP contribution is -2.48. The van der Waals surface area contributed by atoms with Crippen molar-refractivity contribution in [1.82, 2.24) is 10.2 Å². The molecule has 2 aliphatic rings. The summed E-state index contributed by atoms with van der Waals surface area (Å²) in [5.74, 6) is 1.04. The van der Waals surface area contributed by atoms with E-state index in [9.17, 15) is 4.79 Å². The molecule has 0 aromatic rings. The number of likely N-dealkylation sites (tertiary alicyclic amines) is 1. The molecule has 1 unspecified atom stereocenters. The van der Waals surface area contributed by atoms with E-state index in [0.717, 1.165) is 38.4 Å². The summed E-state index contributed by atoms with van der Waals surface area (Å²) in [6.07, 6.45) is 4.54. The molecular weight excluding hydrogens is 268 g/mol. The van der Waals surface area contributed by atoms with Crippen molar-refractivity contribution in [2.24, 2.45) is 5.92 Å². The van der Waals surface area contributed by atoms with Crippen molar-refractivity contribution >= 4 is 5.91 Å². The number of hydrogen-bond acceptors (Lipinski definition) is 4. The highest BCUT2D eigenvalue weighted by Crippen LogP contribution is 2.28. The van der Waals surface area contributed by atoms with Crippen LogP contribution in [0.15, 0.2) is 0 Å². The molecule has 1 saturated heterocycles. The maximum atomic E-state index is 12.3. The first-order valence-electron chi connectivity index (χ1n) is 8.42. The van der Waals surface area contributed by atoms with Gasteiger partial charge < -0.3 is 19.7 Å². The third kappa shape index (κ3) is 5.93. The number of ether oxygens (including phenoxy) is 2. The van der Waals surface area contributed by atoms with Crippen molar-refractivity contribution in [2.45, 2.75) is 51.7 Å². The highest BCUT2D eigenvalue weighted by molar-refractivity contribution is 5.80. The number of amides is 1. The first-order valence-corrected chi connectivity index (χ1v) is 8.42. The summed E-state index contributed by atoms with van der Waals surface area (Å²) < 4.78 is 10.8. The normalized spacial score (nSPS) is 21.5. The van der Waals surface area contributed by atoms with Gasteiger partial charge in [0.15, 0.2) is 0 Å². The highest BCUT2D eigenvalue weighted by Gasteiger charge is 2.27. The minimum atomic E-state index is -0.360. The van der Waals surface area contributed by atoms with Crippen molar-refractivity contribution in [3.05, 3.63) is 0 Å². The number of piperidine rings is 1. The number of nitrogens with one attached hydrogen (secondary N) is 1. The Labute approximate surface area is 128 Å². The average molecular weight is 298 g/mol. The highest BCUT2D eigenvalue weighted by atomic mass is 16.5. The number of carbonyl (C=O) groups excluding carboxylic acids is 1. The van der Waals surface area contributed by atoms with Crippen LogP contribution in [0.4, 0.5) is 0 Å². The zero-order valence-corrected chi connectivity index (χ0v) is 13.5. The van der Waals surface area contributed by atoms with Crippen LogP contribution < -0.4 is 5.32 Å². The van der Waals surface area contributed by atoms with Gasteiger partial charge in [-0.3, -0.25) is 4.79 Å². The monoisotopic (exact) mass is 298 g/mol. The molecule has 21 heavy (non-hydrogen) atoms. The van der Waals surface area contributed by atoms with Gasteiger partial charge in [-0.2, -0.15) is 0 Å². The van der Waals surface area contributed by atoms with E-state index in [0.29, 0.717) is 25.9 Å². The van der Waals surface area contributed by atoms with Crippen molar-refractivity contribution in [2.75, 3.05) is 39.5 Å². The molecule has 1 amide bonds. The standard InChI is InChI=1S/C16H30N2O3/c1-3-20-10-11-21-13(2)16(19)18-8-6-15(7-9-18)17-12-14-4-5-14/h13-15,17H,3-12H2,1-2H3. The first kappa shape index (κ1) is 16.7. The number of hydrogen-bond donors (Lipinski definition) is 1. The van der Waals surface area contributed by atoms with Gasteiger partial charge in [0, 0.05) is 25.7 Å². The second-order valence-corrected chi connectivity index (χ2v) is 6.16. The summed E-state index contributed by atoms with van der Waals surface area (Å²) in [7, 11) is 0. The Kier molecular flexibility index (Phi) is 6.93. The van der Waals surface area contributed by atoms with E-state index in [1.165, 1.54) is 12.8 Å². The molecule has 1 aliphatic carbocycles. The Morgan fingerprint density at radius 1 is 1.24 bits per heavy atom. The fraction of sp³-hybridized carbons (Fsp3) is 0.938. The lowest BCUT2D eigenvalue weighted by atomic mass is 10.0. The third-order valence-corrected chi connectivity index (χ3v) is 4.35. The van der Waals surface area contributed by atoms with Gasteiger partial charge in [0.2, 0.25) is 0 Å². The Bertz CT molecular complexity index is 313. The summed E-state index contributed by atoms with van der Waals surface area (Å²) in [4.78, 5) is 14.2. The number of carbonyl (C=O) groups is 1. The molecule has 1 atom stereocenters. The summed E-state index contributed by atoms with van der Waals surface area (Å²) in [5, 5.41) is 3.63. The minimum absolute atomic E-state index is 0.118. The van der Waals surface area contributed by atoms with E-state index >= 15 is 0 Å². The largest absolute Gasteiger partial charge is 0.379 e. The molecule has 0 spiro atoms. The summed E-state index contributed by atoms with van der Waals surface area (Å²) in [5.41, 5.74) is 0. The van der Waals surface area contributed by atoms with Crippen LogP contribution in [0.5, 0.6) is 0 Å². The Hall–Kier alpha value is -0.650. The van der Waals surface area contributed by atoms with E-state index in [4.69, 9.17) is 9.47 Å². The quantitative estimate of drug-likeness (QED) is 0.654. The lowest BCUT2D eigenvalue weighted by Gasteiger charge is -2.34. The minimum Gasteiger partial charge on any atom is -0.379 e. The van der Waals surface area contributed by atoms with Crippen LogP contribution in [0.2, 0.25) is 0 Å². The molecule has 5 heteroatoms. The molecule has 0 aromatic heterocycles. The van der Waals surface area contributed by atoms with Crippen LogP contribution in [-0.2, 0) is 14.3 Å². The second kappa shape index (κ2) is 8.71. The summed E-state index contributed by atoms with van der Waals surface area (Å²) in [6, 6.07) is 0.587. The van der Waals surface area contributed by atoms with Crippen LogP contribution in [0, 0.1) is 5.92 Å². The molecule has 122 valence electrons. The summed E-state index contributed by atoms with van der Waals surface area (Å²) in [6.45, 7) is 8.38. The van der Waals surface area contributed by atoms with E-state index in [-0.39, 0.29) is 12.0 Å². The van der Waals surface area contributed by atoms with Gasteiger partial charge in [0.1, 0.15) is 6.10 Å². The molecule has 0 bridgehead atoms. The van der Waals surface area contributed by atoms with Gasteiger partial charge in [0.25, 0.3) is 5.91 Å². The Morgan fingerprint density at radius 3 is 2.57 bits per heavy atom. The molecule has 1 aliphatic heterocycles. The maximum Gasteiger partial charge on any atom is 0.251 e. The van der Waals surface area contributed by atoms with Crippen LogP contribution in [0.3, 0.4) is 0 Å². The number of rotatable bonds is 9. The van der Waals surface area contributed by atoms with Crippen molar-refractivity contribution in [1.29, 1.82) is 0 Å². The Balaban J connectivity index is 1.59. The van der Waals surface area contributed by atoms with E-state index < -0.39 is 0 Å². The van der Waals surface area contributed by atoms with Crippen LogP contribution in [-0.4, -0.2) is 62.4 Å². The van der Waals surface area contributed by atoms with Gasteiger partial charge in [-0.25, -0.2) is 0 Å². The molecule has 1 heterocycles. The van der Waals surface area contributed by atoms with Gasteiger partial charge >= 0.3 is 0 Å². The molecule has 0 radical (unpaired) electrons. The Morgan fingerprint density at radius 2 is 1.95 bits per heavy atom. The van der Waals surface area contributed by atoms with E-state index in [2.05, 4.69) is 5.32 Å². The zero-order chi connectivity index (χ0) is 15.1. The molecular formula is C16H30N2O3. The SMILES string of the molecule is CCOCCOC(C)C(=O)N1CCC(NCC2CC2)CC1. The molecule has 0 aromatic carbocycles. The maximum absolute atomic E-state index is 12.3.